The fourth-order valence-electron chi connectivity index (χ4n) is 5.54. The summed E-state index contributed by atoms with van der Waals surface area (Å²) in [7, 11) is -3.95. The molecule has 0 unspecified atom stereocenters. The first kappa shape index (κ1) is 33.0. The van der Waals surface area contributed by atoms with Gasteiger partial charge in [0.2, 0.25) is 21.8 Å². The molecule has 1 fully saturated rings. The Balaban J connectivity index is 1.57. The number of alkyl halides is 3. The van der Waals surface area contributed by atoms with Crippen LogP contribution in [0.1, 0.15) is 55.2 Å². The third-order valence-electron chi connectivity index (χ3n) is 7.78. The predicted molar refractivity (Wildman–Crippen MR) is 164 cm³/mol. The summed E-state index contributed by atoms with van der Waals surface area (Å²) in [4.78, 5) is 29.2. The SMILES string of the molecule is CS(=O)(=O)N(CCCC(=O)N(Cc1ccccc1)[C@H](Cc1ccccc1)C(=O)NC1CCCC1)c1cccc(C(F)(F)F)c1. The molecule has 0 aliphatic heterocycles. The summed E-state index contributed by atoms with van der Waals surface area (Å²) in [5.41, 5.74) is 0.617. The highest BCUT2D eigenvalue weighted by atomic mass is 32.2. The van der Waals surface area contributed by atoms with E-state index in [9.17, 15) is 31.2 Å². The maximum atomic E-state index is 13.9. The van der Waals surface area contributed by atoms with Crippen LogP contribution in [0.25, 0.3) is 0 Å². The van der Waals surface area contributed by atoms with E-state index in [0.717, 1.165) is 65.6 Å². The normalized spacial score (nSPS) is 14.6. The average Bonchev–Trinajstić information content (AvgIpc) is 3.50. The highest BCUT2D eigenvalue weighted by Gasteiger charge is 2.33. The Hall–Kier alpha value is -3.86. The third-order valence-corrected chi connectivity index (χ3v) is 8.98. The number of halogens is 3. The zero-order valence-corrected chi connectivity index (χ0v) is 25.5. The molecule has 0 aromatic heterocycles. The molecule has 7 nitrogen and oxygen atoms in total. The average molecular weight is 630 g/mol. The summed E-state index contributed by atoms with van der Waals surface area (Å²) >= 11 is 0. The fraction of sp³-hybridized carbons (Fsp3) is 0.394. The number of hydrogen-bond acceptors (Lipinski definition) is 4. The number of hydrogen-bond donors (Lipinski definition) is 1. The molecule has 1 atom stereocenters. The van der Waals surface area contributed by atoms with E-state index in [1.165, 1.54) is 6.07 Å². The first-order valence-corrected chi connectivity index (χ1v) is 16.6. The molecule has 11 heteroatoms. The van der Waals surface area contributed by atoms with Crippen molar-refractivity contribution >= 4 is 27.5 Å². The van der Waals surface area contributed by atoms with Crippen LogP contribution in [0.2, 0.25) is 0 Å². The predicted octanol–water partition coefficient (Wildman–Crippen LogP) is 5.95. The van der Waals surface area contributed by atoms with Gasteiger partial charge in [-0.1, -0.05) is 79.6 Å². The van der Waals surface area contributed by atoms with E-state index >= 15 is 0 Å². The Morgan fingerprint density at radius 2 is 1.52 bits per heavy atom. The summed E-state index contributed by atoms with van der Waals surface area (Å²) in [5.74, 6) is -0.597. The molecule has 1 saturated carbocycles. The lowest BCUT2D eigenvalue weighted by molar-refractivity contribution is -0.141. The number of benzene rings is 3. The van der Waals surface area contributed by atoms with Gasteiger partial charge in [0, 0.05) is 32.0 Å². The summed E-state index contributed by atoms with van der Waals surface area (Å²) < 4.78 is 66.1. The van der Waals surface area contributed by atoms with Crippen molar-refractivity contribution in [1.82, 2.24) is 10.2 Å². The van der Waals surface area contributed by atoms with Gasteiger partial charge in [0.15, 0.2) is 0 Å². The molecule has 1 aliphatic carbocycles. The van der Waals surface area contributed by atoms with Crippen molar-refractivity contribution in [2.75, 3.05) is 17.1 Å². The van der Waals surface area contributed by atoms with E-state index in [1.807, 2.05) is 60.7 Å². The molecule has 3 aromatic rings. The lowest BCUT2D eigenvalue weighted by atomic mass is 10.0. The molecular formula is C33H38F3N3O4S. The van der Waals surface area contributed by atoms with Crippen molar-refractivity contribution < 1.29 is 31.2 Å². The van der Waals surface area contributed by atoms with Crippen LogP contribution in [0.4, 0.5) is 18.9 Å². The summed E-state index contributed by atoms with van der Waals surface area (Å²) in [6.45, 7) is -0.0403. The Kier molecular flexibility index (Phi) is 11.1. The van der Waals surface area contributed by atoms with Crippen molar-refractivity contribution in [3.05, 3.63) is 102 Å². The van der Waals surface area contributed by atoms with Crippen molar-refractivity contribution in [3.63, 3.8) is 0 Å². The molecule has 1 aliphatic rings. The third kappa shape index (κ3) is 9.32. The van der Waals surface area contributed by atoms with Crippen molar-refractivity contribution in [2.45, 2.75) is 69.8 Å². The van der Waals surface area contributed by atoms with Gasteiger partial charge in [-0.3, -0.25) is 13.9 Å². The van der Waals surface area contributed by atoms with Gasteiger partial charge in [0.1, 0.15) is 6.04 Å². The Morgan fingerprint density at radius 1 is 0.909 bits per heavy atom. The molecule has 4 rings (SSSR count). The summed E-state index contributed by atoms with van der Waals surface area (Å²) in [6, 6.07) is 22.1. The van der Waals surface area contributed by atoms with Crippen molar-refractivity contribution in [1.29, 1.82) is 0 Å². The van der Waals surface area contributed by atoms with Crippen LogP contribution in [-0.4, -0.2) is 50.0 Å². The second kappa shape index (κ2) is 14.7. The lowest BCUT2D eigenvalue weighted by Crippen LogP contribution is -2.52. The number of carbonyl (C=O) groups is 2. The Labute approximate surface area is 257 Å². The van der Waals surface area contributed by atoms with Crippen LogP contribution in [0.3, 0.4) is 0 Å². The molecule has 0 heterocycles. The number of carbonyl (C=O) groups excluding carboxylic acids is 2. The highest BCUT2D eigenvalue weighted by molar-refractivity contribution is 7.92. The number of nitrogens with one attached hydrogen (secondary N) is 1. The van der Waals surface area contributed by atoms with Gasteiger partial charge in [-0.15, -0.1) is 0 Å². The van der Waals surface area contributed by atoms with Gasteiger partial charge in [0.25, 0.3) is 0 Å². The topological polar surface area (TPSA) is 86.8 Å². The van der Waals surface area contributed by atoms with E-state index in [2.05, 4.69) is 5.32 Å². The molecular weight excluding hydrogens is 591 g/mol. The van der Waals surface area contributed by atoms with Crippen molar-refractivity contribution in [2.24, 2.45) is 0 Å². The van der Waals surface area contributed by atoms with E-state index < -0.39 is 27.8 Å². The fourth-order valence-corrected chi connectivity index (χ4v) is 6.50. The van der Waals surface area contributed by atoms with E-state index in [0.29, 0.717) is 0 Å². The van der Waals surface area contributed by atoms with Crippen LogP contribution in [0.5, 0.6) is 0 Å². The zero-order chi connectivity index (χ0) is 31.7. The maximum absolute atomic E-state index is 13.9. The van der Waals surface area contributed by atoms with Gasteiger partial charge < -0.3 is 10.2 Å². The highest BCUT2D eigenvalue weighted by Crippen LogP contribution is 2.32. The van der Waals surface area contributed by atoms with E-state index in [1.54, 1.807) is 4.90 Å². The minimum absolute atomic E-state index is 0.0374. The van der Waals surface area contributed by atoms with Crippen LogP contribution >= 0.6 is 0 Å². The van der Waals surface area contributed by atoms with Gasteiger partial charge in [0.05, 0.1) is 17.5 Å². The number of rotatable bonds is 13. The monoisotopic (exact) mass is 629 g/mol. The second-order valence-electron chi connectivity index (χ2n) is 11.2. The quantitative estimate of drug-likeness (QED) is 0.253. The van der Waals surface area contributed by atoms with Gasteiger partial charge in [-0.05, 0) is 48.6 Å². The Morgan fingerprint density at radius 3 is 2.11 bits per heavy atom. The second-order valence-corrected chi connectivity index (χ2v) is 13.1. The molecule has 0 spiro atoms. The van der Waals surface area contributed by atoms with E-state index in [4.69, 9.17) is 0 Å². The van der Waals surface area contributed by atoms with Crippen LogP contribution < -0.4 is 9.62 Å². The lowest BCUT2D eigenvalue weighted by Gasteiger charge is -2.33. The smallest absolute Gasteiger partial charge is 0.352 e. The van der Waals surface area contributed by atoms with Crippen molar-refractivity contribution in [3.8, 4) is 0 Å². The maximum Gasteiger partial charge on any atom is 0.416 e. The molecule has 0 saturated heterocycles. The first-order valence-electron chi connectivity index (χ1n) is 14.7. The van der Waals surface area contributed by atoms with Gasteiger partial charge in [-0.25, -0.2) is 8.42 Å². The van der Waals surface area contributed by atoms with Crippen LogP contribution in [0.15, 0.2) is 84.9 Å². The zero-order valence-electron chi connectivity index (χ0n) is 24.7. The number of nitrogens with zero attached hydrogens (tertiary/aromatic N) is 2. The van der Waals surface area contributed by atoms with Crippen LogP contribution in [-0.2, 0) is 38.8 Å². The molecule has 0 bridgehead atoms. The van der Waals surface area contributed by atoms with Gasteiger partial charge in [-0.2, -0.15) is 13.2 Å². The Bertz CT molecular complexity index is 1500. The first-order chi connectivity index (χ1) is 20.9. The minimum atomic E-state index is -4.64. The summed E-state index contributed by atoms with van der Waals surface area (Å²) in [5, 5.41) is 3.14. The number of amides is 2. The number of sulfonamides is 1. The largest absolute Gasteiger partial charge is 0.416 e. The molecule has 3 aromatic carbocycles. The molecule has 2 amide bonds. The number of anilines is 1. The summed E-state index contributed by atoms with van der Waals surface area (Å²) in [6.07, 6.45) is 0.321. The standard InChI is InChI=1S/C33H38F3N3O4S/c1-44(42,43)39(29-19-10-16-27(23-29)33(34,35)36)21-11-20-31(40)38(24-26-14-6-3-7-15-26)30(22-25-12-4-2-5-13-25)32(41)37-28-17-8-9-18-28/h2-7,10,12-16,19,23,28,30H,8-9,11,17-18,20-22,24H2,1H3,(H,37,41)/t30-/m1/s1. The van der Waals surface area contributed by atoms with Gasteiger partial charge >= 0.3 is 6.18 Å². The molecule has 1 N–H and O–H groups in total. The molecule has 44 heavy (non-hydrogen) atoms. The molecule has 236 valence electrons. The van der Waals surface area contributed by atoms with Crippen LogP contribution in [0, 0.1) is 0 Å². The molecule has 0 radical (unpaired) electrons. The van der Waals surface area contributed by atoms with E-state index in [-0.39, 0.29) is 55.9 Å². The minimum Gasteiger partial charge on any atom is -0.352 e.